The molecule has 0 radical (unpaired) electrons. The van der Waals surface area contributed by atoms with E-state index >= 15 is 0 Å². The Morgan fingerprint density at radius 2 is 2.00 bits per heavy atom. The molecule has 3 nitrogen and oxygen atoms in total. The van der Waals surface area contributed by atoms with Crippen LogP contribution in [0.15, 0.2) is 18.2 Å². The van der Waals surface area contributed by atoms with Gasteiger partial charge in [0.15, 0.2) is 0 Å². The number of benzene rings is 1. The van der Waals surface area contributed by atoms with Crippen LogP contribution in [0.4, 0.5) is 4.39 Å². The number of nitrogens with two attached hydrogens (primary N) is 1. The molecule has 96 valence electrons. The Labute approximate surface area is 101 Å². The topological polar surface area (TPSA) is 55.5 Å². The molecule has 0 fully saturated rings. The standard InChI is InChI=1S/C13H20FNO2/c1-8(2)12(16)7-17-13-6-10(14)4-5-11(13)9(3)15/h4-6,8-9,12,16H,7,15H2,1-3H3/t9-,12?/m0/s1. The van der Waals surface area contributed by atoms with E-state index in [0.717, 1.165) is 5.56 Å². The van der Waals surface area contributed by atoms with Crippen LogP contribution >= 0.6 is 0 Å². The summed E-state index contributed by atoms with van der Waals surface area (Å²) in [6, 6.07) is 4.02. The lowest BCUT2D eigenvalue weighted by Gasteiger charge is -2.18. The molecule has 0 amide bonds. The molecule has 3 N–H and O–H groups in total. The van der Waals surface area contributed by atoms with E-state index in [9.17, 15) is 9.50 Å². The summed E-state index contributed by atoms with van der Waals surface area (Å²) in [6.07, 6.45) is -0.570. The second-order valence-corrected chi connectivity index (χ2v) is 4.59. The van der Waals surface area contributed by atoms with Gasteiger partial charge in [0, 0.05) is 17.7 Å². The lowest BCUT2D eigenvalue weighted by molar-refractivity contribution is 0.0694. The summed E-state index contributed by atoms with van der Waals surface area (Å²) in [5.74, 6) is 0.130. The quantitative estimate of drug-likeness (QED) is 0.831. The average Bonchev–Trinajstić information content (AvgIpc) is 2.25. The van der Waals surface area contributed by atoms with Crippen LogP contribution in [0.3, 0.4) is 0 Å². The van der Waals surface area contributed by atoms with E-state index in [1.807, 2.05) is 13.8 Å². The Balaban J connectivity index is 2.78. The summed E-state index contributed by atoms with van der Waals surface area (Å²) in [6.45, 7) is 5.73. The van der Waals surface area contributed by atoms with Gasteiger partial charge in [-0.1, -0.05) is 19.9 Å². The van der Waals surface area contributed by atoms with Crippen molar-refractivity contribution in [2.75, 3.05) is 6.61 Å². The van der Waals surface area contributed by atoms with E-state index in [2.05, 4.69) is 0 Å². The molecule has 1 unspecified atom stereocenters. The van der Waals surface area contributed by atoms with Crippen LogP contribution in [0.25, 0.3) is 0 Å². The van der Waals surface area contributed by atoms with Gasteiger partial charge < -0.3 is 15.6 Å². The molecule has 0 heterocycles. The minimum atomic E-state index is -0.570. The van der Waals surface area contributed by atoms with Crippen LogP contribution in [0.1, 0.15) is 32.4 Å². The fourth-order valence-electron chi connectivity index (χ4n) is 1.38. The first-order chi connectivity index (χ1) is 7.91. The molecular weight excluding hydrogens is 221 g/mol. The highest BCUT2D eigenvalue weighted by atomic mass is 19.1. The van der Waals surface area contributed by atoms with Gasteiger partial charge in [-0.15, -0.1) is 0 Å². The van der Waals surface area contributed by atoms with E-state index in [1.54, 1.807) is 13.0 Å². The van der Waals surface area contributed by atoms with E-state index in [4.69, 9.17) is 10.5 Å². The Morgan fingerprint density at radius 1 is 1.35 bits per heavy atom. The van der Waals surface area contributed by atoms with Gasteiger partial charge in [-0.3, -0.25) is 0 Å². The highest BCUT2D eigenvalue weighted by Gasteiger charge is 2.13. The van der Waals surface area contributed by atoms with Crippen molar-refractivity contribution in [2.24, 2.45) is 11.7 Å². The third-order valence-electron chi connectivity index (χ3n) is 2.65. The Hall–Kier alpha value is -1.13. The molecule has 0 aliphatic carbocycles. The number of rotatable bonds is 5. The molecule has 0 aliphatic rings. The highest BCUT2D eigenvalue weighted by molar-refractivity contribution is 5.36. The lowest BCUT2D eigenvalue weighted by Crippen LogP contribution is -2.24. The van der Waals surface area contributed by atoms with Crippen molar-refractivity contribution in [3.05, 3.63) is 29.6 Å². The molecule has 0 bridgehead atoms. The molecule has 1 rings (SSSR count). The molecule has 0 aromatic heterocycles. The Morgan fingerprint density at radius 3 is 2.53 bits per heavy atom. The van der Waals surface area contributed by atoms with E-state index in [1.165, 1.54) is 12.1 Å². The van der Waals surface area contributed by atoms with Crippen molar-refractivity contribution < 1.29 is 14.2 Å². The second-order valence-electron chi connectivity index (χ2n) is 4.59. The normalized spacial score (nSPS) is 14.8. The summed E-state index contributed by atoms with van der Waals surface area (Å²) >= 11 is 0. The molecule has 0 saturated carbocycles. The first kappa shape index (κ1) is 13.9. The zero-order valence-electron chi connectivity index (χ0n) is 10.5. The molecular formula is C13H20FNO2. The minimum Gasteiger partial charge on any atom is -0.490 e. The van der Waals surface area contributed by atoms with Gasteiger partial charge in [-0.05, 0) is 18.9 Å². The summed E-state index contributed by atoms with van der Waals surface area (Å²) in [5, 5.41) is 9.64. The molecule has 0 aliphatic heterocycles. The Bertz CT molecular complexity index is 366. The van der Waals surface area contributed by atoms with E-state index < -0.39 is 6.10 Å². The summed E-state index contributed by atoms with van der Waals surface area (Å²) in [5.41, 5.74) is 6.50. The molecule has 2 atom stereocenters. The minimum absolute atomic E-state index is 0.0994. The van der Waals surface area contributed by atoms with Crippen molar-refractivity contribution in [1.82, 2.24) is 0 Å². The van der Waals surface area contributed by atoms with Gasteiger partial charge in [0.1, 0.15) is 18.2 Å². The molecule has 17 heavy (non-hydrogen) atoms. The number of halogens is 1. The zero-order valence-corrected chi connectivity index (χ0v) is 10.5. The van der Waals surface area contributed by atoms with Crippen LogP contribution in [0, 0.1) is 11.7 Å². The number of hydrogen-bond donors (Lipinski definition) is 2. The first-order valence-electron chi connectivity index (χ1n) is 5.77. The highest BCUT2D eigenvalue weighted by Crippen LogP contribution is 2.25. The molecule has 1 aromatic carbocycles. The monoisotopic (exact) mass is 241 g/mol. The largest absolute Gasteiger partial charge is 0.490 e. The molecule has 0 spiro atoms. The number of hydrogen-bond acceptors (Lipinski definition) is 3. The van der Waals surface area contributed by atoms with Crippen LogP contribution < -0.4 is 10.5 Å². The van der Waals surface area contributed by atoms with Gasteiger partial charge in [0.25, 0.3) is 0 Å². The van der Waals surface area contributed by atoms with Crippen molar-refractivity contribution >= 4 is 0 Å². The van der Waals surface area contributed by atoms with Crippen molar-refractivity contribution in [1.29, 1.82) is 0 Å². The average molecular weight is 241 g/mol. The van der Waals surface area contributed by atoms with Gasteiger partial charge in [-0.25, -0.2) is 4.39 Å². The van der Waals surface area contributed by atoms with E-state index in [0.29, 0.717) is 5.75 Å². The smallest absolute Gasteiger partial charge is 0.127 e. The molecule has 4 heteroatoms. The number of ether oxygens (including phenoxy) is 1. The number of aliphatic hydroxyl groups excluding tert-OH is 1. The maximum Gasteiger partial charge on any atom is 0.127 e. The zero-order chi connectivity index (χ0) is 13.0. The van der Waals surface area contributed by atoms with Gasteiger partial charge >= 0.3 is 0 Å². The molecule has 1 aromatic rings. The summed E-state index contributed by atoms with van der Waals surface area (Å²) < 4.78 is 18.5. The van der Waals surface area contributed by atoms with Crippen molar-refractivity contribution in [3.8, 4) is 5.75 Å². The SMILES string of the molecule is CC(C)C(O)COc1cc(F)ccc1[C@H](C)N. The fourth-order valence-corrected chi connectivity index (χ4v) is 1.38. The van der Waals surface area contributed by atoms with Gasteiger partial charge in [0.2, 0.25) is 0 Å². The van der Waals surface area contributed by atoms with E-state index in [-0.39, 0.29) is 24.4 Å². The predicted molar refractivity (Wildman–Crippen MR) is 65.3 cm³/mol. The lowest BCUT2D eigenvalue weighted by atomic mass is 10.1. The van der Waals surface area contributed by atoms with Crippen molar-refractivity contribution in [3.63, 3.8) is 0 Å². The fraction of sp³-hybridized carbons (Fsp3) is 0.538. The predicted octanol–water partition coefficient (Wildman–Crippen LogP) is 2.24. The maximum atomic E-state index is 13.1. The summed E-state index contributed by atoms with van der Waals surface area (Å²) in [7, 11) is 0. The van der Waals surface area contributed by atoms with Crippen LogP contribution in [0.5, 0.6) is 5.75 Å². The van der Waals surface area contributed by atoms with Gasteiger partial charge in [-0.2, -0.15) is 0 Å². The third kappa shape index (κ3) is 3.98. The van der Waals surface area contributed by atoms with Crippen LogP contribution in [0.2, 0.25) is 0 Å². The number of aliphatic hydroxyl groups is 1. The second kappa shape index (κ2) is 5.98. The summed E-state index contributed by atoms with van der Waals surface area (Å²) in [4.78, 5) is 0. The van der Waals surface area contributed by atoms with Crippen LogP contribution in [-0.4, -0.2) is 17.8 Å². The third-order valence-corrected chi connectivity index (χ3v) is 2.65. The van der Waals surface area contributed by atoms with Gasteiger partial charge in [0.05, 0.1) is 6.10 Å². The molecule has 0 saturated heterocycles. The maximum absolute atomic E-state index is 13.1. The first-order valence-corrected chi connectivity index (χ1v) is 5.77. The van der Waals surface area contributed by atoms with Crippen molar-refractivity contribution in [2.45, 2.75) is 32.9 Å². The van der Waals surface area contributed by atoms with Crippen LogP contribution in [-0.2, 0) is 0 Å². The Kier molecular flexibility index (Phi) is 4.90.